The van der Waals surface area contributed by atoms with Crippen molar-refractivity contribution in [2.45, 2.75) is 38.1 Å². The van der Waals surface area contributed by atoms with Gasteiger partial charge < -0.3 is 5.11 Å². The summed E-state index contributed by atoms with van der Waals surface area (Å²) >= 11 is 0. The molecule has 0 aliphatic carbocycles. The van der Waals surface area contributed by atoms with Crippen LogP contribution in [-0.4, -0.2) is 52.3 Å². The zero-order valence-electron chi connectivity index (χ0n) is 8.40. The summed E-state index contributed by atoms with van der Waals surface area (Å²) in [5.74, 6) is 0.802. The molecule has 3 heteroatoms. The van der Waals surface area contributed by atoms with E-state index in [0.717, 1.165) is 19.0 Å². The molecule has 3 heterocycles. The second-order valence-electron chi connectivity index (χ2n) is 5.04. The predicted octanol–water partition coefficient (Wildman–Crippen LogP) is 0.103. The lowest BCUT2D eigenvalue weighted by molar-refractivity contribution is -0.297. The molecule has 3 rings (SSSR count). The van der Waals surface area contributed by atoms with Crippen LogP contribution in [0.2, 0.25) is 0 Å². The van der Waals surface area contributed by atoms with Gasteiger partial charge in [-0.2, -0.15) is 0 Å². The van der Waals surface area contributed by atoms with Gasteiger partial charge in [0.05, 0.1) is 11.8 Å². The molecule has 3 fully saturated rings. The first kappa shape index (κ1) is 8.21. The molecule has 4 unspecified atom stereocenters. The van der Waals surface area contributed by atoms with Crippen LogP contribution in [0, 0.1) is 5.92 Å². The first-order valence-electron chi connectivity index (χ1n) is 5.34. The van der Waals surface area contributed by atoms with Crippen molar-refractivity contribution < 1.29 is 5.11 Å². The lowest BCUT2D eigenvalue weighted by Crippen LogP contribution is -2.86. The third-order valence-corrected chi connectivity index (χ3v) is 4.29. The summed E-state index contributed by atoms with van der Waals surface area (Å²) in [5.41, 5.74) is 0.374. The molecule has 3 nitrogen and oxygen atoms in total. The van der Waals surface area contributed by atoms with E-state index in [-0.39, 0.29) is 6.10 Å². The lowest BCUT2D eigenvalue weighted by Gasteiger charge is -2.74. The van der Waals surface area contributed by atoms with Gasteiger partial charge in [-0.15, -0.1) is 0 Å². The molecule has 4 atom stereocenters. The molecule has 13 heavy (non-hydrogen) atoms. The standard InChI is InChI=1S/C10H18N2O/c1-7-4-11-5-9(13)6-12-8(2)3-10(7,11)12/h7-9,13H,3-6H2,1-2H3. The summed E-state index contributed by atoms with van der Waals surface area (Å²) in [4.78, 5) is 4.96. The molecule has 1 spiro atoms. The van der Waals surface area contributed by atoms with E-state index in [1.807, 2.05) is 0 Å². The Hall–Kier alpha value is -0.120. The van der Waals surface area contributed by atoms with Gasteiger partial charge in [0.2, 0.25) is 0 Å². The van der Waals surface area contributed by atoms with Crippen LogP contribution in [0.1, 0.15) is 20.3 Å². The number of hydrogen-bond donors (Lipinski definition) is 1. The summed E-state index contributed by atoms with van der Waals surface area (Å²) < 4.78 is 0. The van der Waals surface area contributed by atoms with Crippen molar-refractivity contribution in [1.29, 1.82) is 0 Å². The highest BCUT2D eigenvalue weighted by molar-refractivity contribution is 5.16. The number of nitrogens with zero attached hydrogens (tertiary/aromatic N) is 2. The third kappa shape index (κ3) is 0.767. The van der Waals surface area contributed by atoms with Gasteiger partial charge in [0.25, 0.3) is 0 Å². The zero-order chi connectivity index (χ0) is 9.22. The van der Waals surface area contributed by atoms with E-state index >= 15 is 0 Å². The Morgan fingerprint density at radius 1 is 1.23 bits per heavy atom. The van der Waals surface area contributed by atoms with Gasteiger partial charge >= 0.3 is 0 Å². The topological polar surface area (TPSA) is 26.7 Å². The Morgan fingerprint density at radius 2 is 2.00 bits per heavy atom. The maximum Gasteiger partial charge on any atom is 0.0795 e. The van der Waals surface area contributed by atoms with Gasteiger partial charge in [-0.1, -0.05) is 6.92 Å². The second-order valence-corrected chi connectivity index (χ2v) is 5.04. The molecule has 0 amide bonds. The van der Waals surface area contributed by atoms with Gasteiger partial charge in [0.1, 0.15) is 0 Å². The SMILES string of the molecule is CC1CC23C(C)CN2CC(O)CN13. The van der Waals surface area contributed by atoms with E-state index in [4.69, 9.17) is 0 Å². The quantitative estimate of drug-likeness (QED) is 0.576. The Balaban J connectivity index is 1.87. The molecule has 74 valence electrons. The van der Waals surface area contributed by atoms with Crippen molar-refractivity contribution in [3.8, 4) is 0 Å². The Bertz CT molecular complexity index is 245. The summed E-state index contributed by atoms with van der Waals surface area (Å²) in [5, 5.41) is 9.67. The van der Waals surface area contributed by atoms with Crippen LogP contribution in [-0.2, 0) is 0 Å². The average Bonchev–Trinajstić information content (AvgIpc) is 2.08. The zero-order valence-corrected chi connectivity index (χ0v) is 8.40. The van der Waals surface area contributed by atoms with Crippen molar-refractivity contribution in [3.05, 3.63) is 0 Å². The van der Waals surface area contributed by atoms with Gasteiger partial charge in [0, 0.05) is 31.6 Å². The van der Waals surface area contributed by atoms with Gasteiger partial charge in [-0.3, -0.25) is 9.80 Å². The normalized spacial score (nSPS) is 56.1. The lowest BCUT2D eigenvalue weighted by atomic mass is 9.68. The van der Waals surface area contributed by atoms with Crippen LogP contribution < -0.4 is 0 Å². The minimum Gasteiger partial charge on any atom is -0.390 e. The molecule has 0 aromatic heterocycles. The molecular formula is C10H18N2O. The van der Waals surface area contributed by atoms with Crippen molar-refractivity contribution in [3.63, 3.8) is 0 Å². The van der Waals surface area contributed by atoms with Crippen LogP contribution in [0.15, 0.2) is 0 Å². The highest BCUT2D eigenvalue weighted by Crippen LogP contribution is 2.53. The maximum atomic E-state index is 9.67. The first-order valence-corrected chi connectivity index (χ1v) is 5.34. The summed E-state index contributed by atoms with van der Waals surface area (Å²) in [6, 6.07) is 0.681. The van der Waals surface area contributed by atoms with Crippen molar-refractivity contribution in [1.82, 2.24) is 9.80 Å². The molecule has 0 aromatic carbocycles. The number of hydrogen-bond acceptors (Lipinski definition) is 3. The van der Waals surface area contributed by atoms with E-state index in [1.165, 1.54) is 13.0 Å². The fraction of sp³-hybridized carbons (Fsp3) is 1.00. The minimum atomic E-state index is -0.122. The van der Waals surface area contributed by atoms with Gasteiger partial charge in [-0.25, -0.2) is 0 Å². The second kappa shape index (κ2) is 2.27. The minimum absolute atomic E-state index is 0.122. The summed E-state index contributed by atoms with van der Waals surface area (Å²) in [7, 11) is 0. The number of aliphatic hydroxyl groups excluding tert-OH is 1. The summed E-state index contributed by atoms with van der Waals surface area (Å²) in [6.45, 7) is 7.58. The van der Waals surface area contributed by atoms with E-state index < -0.39 is 0 Å². The van der Waals surface area contributed by atoms with Crippen LogP contribution in [0.25, 0.3) is 0 Å². The van der Waals surface area contributed by atoms with Crippen LogP contribution in [0.4, 0.5) is 0 Å². The molecular weight excluding hydrogens is 164 g/mol. The van der Waals surface area contributed by atoms with Crippen molar-refractivity contribution >= 4 is 0 Å². The van der Waals surface area contributed by atoms with E-state index in [1.54, 1.807) is 0 Å². The molecule has 3 saturated heterocycles. The molecule has 0 radical (unpaired) electrons. The smallest absolute Gasteiger partial charge is 0.0795 e. The molecule has 3 aliphatic heterocycles. The molecule has 3 aliphatic rings. The third-order valence-electron chi connectivity index (χ3n) is 4.29. The van der Waals surface area contributed by atoms with Crippen LogP contribution in [0.5, 0.6) is 0 Å². The van der Waals surface area contributed by atoms with E-state index in [9.17, 15) is 5.11 Å². The molecule has 0 bridgehead atoms. The van der Waals surface area contributed by atoms with E-state index in [2.05, 4.69) is 23.6 Å². The Kier molecular flexibility index (Phi) is 1.43. The van der Waals surface area contributed by atoms with Gasteiger partial charge in [-0.05, 0) is 13.3 Å². The Morgan fingerprint density at radius 3 is 2.62 bits per heavy atom. The monoisotopic (exact) mass is 182 g/mol. The van der Waals surface area contributed by atoms with Crippen LogP contribution >= 0.6 is 0 Å². The number of rotatable bonds is 0. The predicted molar refractivity (Wildman–Crippen MR) is 50.3 cm³/mol. The van der Waals surface area contributed by atoms with Crippen LogP contribution in [0.3, 0.4) is 0 Å². The molecule has 0 saturated carbocycles. The molecule has 0 aromatic rings. The van der Waals surface area contributed by atoms with Crippen molar-refractivity contribution in [2.24, 2.45) is 5.92 Å². The average molecular weight is 182 g/mol. The largest absolute Gasteiger partial charge is 0.390 e. The highest BCUT2D eigenvalue weighted by atomic mass is 16.3. The first-order chi connectivity index (χ1) is 6.14. The molecule has 1 N–H and O–H groups in total. The van der Waals surface area contributed by atoms with Gasteiger partial charge in [0.15, 0.2) is 0 Å². The number of aliphatic hydroxyl groups is 1. The fourth-order valence-electron chi connectivity index (χ4n) is 3.67. The maximum absolute atomic E-state index is 9.67. The Labute approximate surface area is 79.3 Å². The van der Waals surface area contributed by atoms with Crippen molar-refractivity contribution in [2.75, 3.05) is 19.6 Å². The highest BCUT2D eigenvalue weighted by Gasteiger charge is 2.64. The fourth-order valence-corrected chi connectivity index (χ4v) is 3.67. The summed E-state index contributed by atoms with van der Waals surface area (Å²) in [6.07, 6.45) is 1.18. The van der Waals surface area contributed by atoms with E-state index in [0.29, 0.717) is 11.7 Å².